The van der Waals surface area contributed by atoms with Crippen LogP contribution in [-0.4, -0.2) is 30.0 Å². The molecule has 0 aliphatic heterocycles. The highest BCUT2D eigenvalue weighted by molar-refractivity contribution is 7.93. The zero-order chi connectivity index (χ0) is 13.9. The molecule has 1 N–H and O–H groups in total. The van der Waals surface area contributed by atoms with Crippen LogP contribution >= 0.6 is 0 Å². The first-order valence-electron chi connectivity index (χ1n) is 6.76. The molecule has 5 heteroatoms. The van der Waals surface area contributed by atoms with Gasteiger partial charge in [-0.25, -0.2) is 8.42 Å². The smallest absolute Gasteiger partial charge is 0.322 e. The van der Waals surface area contributed by atoms with E-state index in [0.29, 0.717) is 18.8 Å². The average molecular weight is 276 g/mol. The zero-order valence-electron chi connectivity index (χ0n) is 11.4. The van der Waals surface area contributed by atoms with Gasteiger partial charge < -0.3 is 5.11 Å². The van der Waals surface area contributed by atoms with Gasteiger partial charge in [0.1, 0.15) is 0 Å². The van der Waals surface area contributed by atoms with Gasteiger partial charge in [-0.15, -0.1) is 0 Å². The predicted octanol–water partition coefficient (Wildman–Crippen LogP) is 2.48. The van der Waals surface area contributed by atoms with Gasteiger partial charge in [-0.1, -0.05) is 27.2 Å². The van der Waals surface area contributed by atoms with E-state index < -0.39 is 26.3 Å². The lowest BCUT2D eigenvalue weighted by atomic mass is 9.87. The standard InChI is InChI=1S/C13H24O4S/c1-4-10-5-7-11(8-6-10)18(16,17)12(9(2)3)13(14)15/h9-12H,4-8H2,1-3H3,(H,14,15). The summed E-state index contributed by atoms with van der Waals surface area (Å²) in [6.45, 7) is 5.44. The number of carbonyl (C=O) groups is 1. The number of sulfone groups is 1. The molecule has 0 spiro atoms. The van der Waals surface area contributed by atoms with E-state index in [0.717, 1.165) is 19.3 Å². The quantitative estimate of drug-likeness (QED) is 0.837. The summed E-state index contributed by atoms with van der Waals surface area (Å²) >= 11 is 0. The Hall–Kier alpha value is -0.580. The molecule has 0 aromatic rings. The number of hydrogen-bond acceptors (Lipinski definition) is 3. The lowest BCUT2D eigenvalue weighted by Crippen LogP contribution is -2.42. The van der Waals surface area contributed by atoms with E-state index in [9.17, 15) is 13.2 Å². The maximum atomic E-state index is 12.4. The van der Waals surface area contributed by atoms with Gasteiger partial charge in [0.2, 0.25) is 0 Å². The minimum absolute atomic E-state index is 0.378. The highest BCUT2D eigenvalue weighted by Gasteiger charge is 2.41. The van der Waals surface area contributed by atoms with E-state index in [1.54, 1.807) is 13.8 Å². The molecule has 0 aromatic carbocycles. The van der Waals surface area contributed by atoms with E-state index in [1.807, 2.05) is 0 Å². The lowest BCUT2D eigenvalue weighted by Gasteiger charge is -2.30. The van der Waals surface area contributed by atoms with Crippen molar-refractivity contribution in [2.24, 2.45) is 11.8 Å². The van der Waals surface area contributed by atoms with Crippen LogP contribution in [0.15, 0.2) is 0 Å². The van der Waals surface area contributed by atoms with Gasteiger partial charge in [0.25, 0.3) is 0 Å². The Bertz CT molecular complexity index is 378. The van der Waals surface area contributed by atoms with Crippen LogP contribution in [-0.2, 0) is 14.6 Å². The molecule has 0 heterocycles. The van der Waals surface area contributed by atoms with Crippen molar-refractivity contribution >= 4 is 15.8 Å². The summed E-state index contributed by atoms with van der Waals surface area (Å²) in [7, 11) is -3.55. The largest absolute Gasteiger partial charge is 0.480 e. The molecular formula is C13H24O4S. The van der Waals surface area contributed by atoms with Crippen LogP contribution in [0.4, 0.5) is 0 Å². The first-order valence-corrected chi connectivity index (χ1v) is 8.37. The molecular weight excluding hydrogens is 252 g/mol. The number of rotatable bonds is 5. The summed E-state index contributed by atoms with van der Waals surface area (Å²) in [6.07, 6.45) is 4.14. The lowest BCUT2D eigenvalue weighted by molar-refractivity contribution is -0.137. The molecule has 1 rings (SSSR count). The van der Waals surface area contributed by atoms with Gasteiger partial charge in [-0.05, 0) is 37.5 Å². The van der Waals surface area contributed by atoms with Crippen LogP contribution in [0, 0.1) is 11.8 Å². The summed E-state index contributed by atoms with van der Waals surface area (Å²) in [5, 5.41) is 7.42. The fraction of sp³-hybridized carbons (Fsp3) is 0.923. The Kier molecular flexibility index (Phi) is 5.20. The Labute approximate surface area is 110 Å². The molecule has 1 saturated carbocycles. The van der Waals surface area contributed by atoms with E-state index in [1.165, 1.54) is 0 Å². The Morgan fingerprint density at radius 3 is 2.06 bits per heavy atom. The maximum absolute atomic E-state index is 12.4. The molecule has 1 aliphatic rings. The van der Waals surface area contributed by atoms with Gasteiger partial charge in [0.15, 0.2) is 15.1 Å². The number of hydrogen-bond donors (Lipinski definition) is 1. The molecule has 0 saturated heterocycles. The molecule has 1 aliphatic carbocycles. The topological polar surface area (TPSA) is 71.4 Å². The van der Waals surface area contributed by atoms with Crippen molar-refractivity contribution in [1.82, 2.24) is 0 Å². The van der Waals surface area contributed by atoms with Crippen molar-refractivity contribution in [2.45, 2.75) is 63.4 Å². The summed E-state index contributed by atoms with van der Waals surface area (Å²) in [5.41, 5.74) is 0. The Balaban J connectivity index is 2.83. The molecule has 106 valence electrons. The summed E-state index contributed by atoms with van der Waals surface area (Å²) in [6, 6.07) is 0. The number of carboxylic acids is 1. The molecule has 0 aromatic heterocycles. The first kappa shape index (κ1) is 15.5. The molecule has 4 nitrogen and oxygen atoms in total. The third-order valence-electron chi connectivity index (χ3n) is 4.04. The summed E-state index contributed by atoms with van der Waals surface area (Å²) in [5.74, 6) is -0.974. The van der Waals surface area contributed by atoms with Crippen LogP contribution in [0.5, 0.6) is 0 Å². The van der Waals surface area contributed by atoms with Gasteiger partial charge in [-0.2, -0.15) is 0 Å². The molecule has 18 heavy (non-hydrogen) atoms. The Morgan fingerprint density at radius 1 is 1.22 bits per heavy atom. The SMILES string of the molecule is CCC1CCC(S(=O)(=O)C(C(=O)O)C(C)C)CC1. The second-order valence-corrected chi connectivity index (χ2v) is 8.00. The number of aliphatic carboxylic acids is 1. The van der Waals surface area contributed by atoms with Gasteiger partial charge in [0, 0.05) is 0 Å². The maximum Gasteiger partial charge on any atom is 0.322 e. The van der Waals surface area contributed by atoms with Crippen LogP contribution in [0.3, 0.4) is 0 Å². The molecule has 1 atom stereocenters. The molecule has 1 fully saturated rings. The fourth-order valence-corrected chi connectivity index (χ4v) is 5.26. The second kappa shape index (κ2) is 6.04. The minimum atomic E-state index is -3.55. The van der Waals surface area contributed by atoms with E-state index >= 15 is 0 Å². The second-order valence-electron chi connectivity index (χ2n) is 5.64. The van der Waals surface area contributed by atoms with Crippen molar-refractivity contribution in [3.8, 4) is 0 Å². The van der Waals surface area contributed by atoms with Crippen molar-refractivity contribution < 1.29 is 18.3 Å². The average Bonchev–Trinajstić information content (AvgIpc) is 2.27. The summed E-state index contributed by atoms with van der Waals surface area (Å²) < 4.78 is 24.8. The first-order chi connectivity index (χ1) is 8.30. The highest BCUT2D eigenvalue weighted by Crippen LogP contribution is 2.33. The minimum Gasteiger partial charge on any atom is -0.480 e. The van der Waals surface area contributed by atoms with Crippen molar-refractivity contribution in [2.75, 3.05) is 0 Å². The number of carboxylic acid groups (broad SMARTS) is 1. The van der Waals surface area contributed by atoms with Crippen LogP contribution in [0.25, 0.3) is 0 Å². The molecule has 0 bridgehead atoms. The summed E-state index contributed by atoms with van der Waals surface area (Å²) in [4.78, 5) is 11.2. The normalized spacial score (nSPS) is 27.1. The molecule has 0 amide bonds. The van der Waals surface area contributed by atoms with E-state index in [-0.39, 0.29) is 5.92 Å². The van der Waals surface area contributed by atoms with Crippen molar-refractivity contribution in [3.63, 3.8) is 0 Å². The van der Waals surface area contributed by atoms with Crippen LogP contribution in [0.1, 0.15) is 52.9 Å². The van der Waals surface area contributed by atoms with Gasteiger partial charge in [0.05, 0.1) is 5.25 Å². The molecule has 1 unspecified atom stereocenters. The van der Waals surface area contributed by atoms with E-state index in [2.05, 4.69) is 6.92 Å². The third kappa shape index (κ3) is 3.25. The van der Waals surface area contributed by atoms with Gasteiger partial charge >= 0.3 is 5.97 Å². The van der Waals surface area contributed by atoms with Crippen molar-refractivity contribution in [1.29, 1.82) is 0 Å². The van der Waals surface area contributed by atoms with Crippen LogP contribution in [0.2, 0.25) is 0 Å². The van der Waals surface area contributed by atoms with E-state index in [4.69, 9.17) is 5.11 Å². The molecule has 0 radical (unpaired) electrons. The van der Waals surface area contributed by atoms with Crippen molar-refractivity contribution in [3.05, 3.63) is 0 Å². The Morgan fingerprint density at radius 2 is 1.72 bits per heavy atom. The highest BCUT2D eigenvalue weighted by atomic mass is 32.2. The zero-order valence-corrected chi connectivity index (χ0v) is 12.2. The predicted molar refractivity (Wildman–Crippen MR) is 71.2 cm³/mol. The third-order valence-corrected chi connectivity index (χ3v) is 6.89. The fourth-order valence-electron chi connectivity index (χ4n) is 2.88. The van der Waals surface area contributed by atoms with Crippen LogP contribution < -0.4 is 0 Å². The monoisotopic (exact) mass is 276 g/mol. The van der Waals surface area contributed by atoms with Gasteiger partial charge in [-0.3, -0.25) is 4.79 Å².